The molecule has 0 bridgehead atoms. The van der Waals surface area contributed by atoms with Gasteiger partial charge in [-0.05, 0) is 61.4 Å². The minimum Gasteiger partial charge on any atom is -0.316 e. The maximum Gasteiger partial charge on any atom is 0.0175 e. The van der Waals surface area contributed by atoms with E-state index < -0.39 is 0 Å². The largest absolute Gasteiger partial charge is 0.316 e. The van der Waals surface area contributed by atoms with Crippen LogP contribution in [-0.2, 0) is 0 Å². The summed E-state index contributed by atoms with van der Waals surface area (Å²) in [6.45, 7) is 2.50. The highest BCUT2D eigenvalue weighted by Gasteiger charge is 2.37. The van der Waals surface area contributed by atoms with Crippen LogP contribution in [-0.4, -0.2) is 13.1 Å². The van der Waals surface area contributed by atoms with Gasteiger partial charge in [-0.2, -0.15) is 0 Å². The Morgan fingerprint density at radius 1 is 1.00 bits per heavy atom. The third-order valence-electron chi connectivity index (χ3n) is 4.00. The molecule has 80 valence electrons. The molecule has 1 nitrogen and oxygen atoms in total. The minimum atomic E-state index is 0.815. The second-order valence-corrected chi connectivity index (χ2v) is 5.81. The molecule has 0 spiro atoms. The van der Waals surface area contributed by atoms with Gasteiger partial charge in [0.2, 0.25) is 0 Å². The third kappa shape index (κ3) is 1.85. The lowest BCUT2D eigenvalue weighted by Gasteiger charge is -2.11. The zero-order valence-corrected chi connectivity index (χ0v) is 10.3. The molecule has 2 unspecified atom stereocenters. The van der Waals surface area contributed by atoms with Gasteiger partial charge in [0.25, 0.3) is 0 Å². The molecule has 2 aliphatic rings. The van der Waals surface area contributed by atoms with E-state index in [2.05, 4.69) is 45.5 Å². The van der Waals surface area contributed by atoms with Crippen LogP contribution >= 0.6 is 15.9 Å². The Morgan fingerprint density at radius 2 is 1.60 bits per heavy atom. The van der Waals surface area contributed by atoms with Crippen molar-refractivity contribution in [3.8, 4) is 0 Å². The summed E-state index contributed by atoms with van der Waals surface area (Å²) in [5.74, 6) is 2.70. The van der Waals surface area contributed by atoms with Gasteiger partial charge in [-0.3, -0.25) is 0 Å². The molecule has 2 atom stereocenters. The summed E-state index contributed by atoms with van der Waals surface area (Å²) in [5.41, 5.74) is 1.53. The zero-order chi connectivity index (χ0) is 10.3. The van der Waals surface area contributed by atoms with Crippen molar-refractivity contribution >= 4 is 15.9 Å². The molecule has 1 aliphatic carbocycles. The van der Waals surface area contributed by atoms with Crippen LogP contribution in [0.15, 0.2) is 28.7 Å². The normalized spacial score (nSPS) is 34.3. The summed E-state index contributed by atoms with van der Waals surface area (Å²) in [6, 6.07) is 8.90. The number of nitrogens with one attached hydrogen (secondary N) is 1. The van der Waals surface area contributed by atoms with E-state index in [-0.39, 0.29) is 0 Å². The van der Waals surface area contributed by atoms with E-state index >= 15 is 0 Å². The molecule has 1 saturated heterocycles. The molecule has 1 N–H and O–H groups in total. The molecule has 2 heteroatoms. The Bertz CT molecular complexity index is 334. The Balaban J connectivity index is 1.76. The Labute approximate surface area is 99.4 Å². The quantitative estimate of drug-likeness (QED) is 0.823. The number of rotatable bonds is 1. The predicted octanol–water partition coefficient (Wildman–Crippen LogP) is 3.16. The molecule has 15 heavy (non-hydrogen) atoms. The van der Waals surface area contributed by atoms with E-state index in [9.17, 15) is 0 Å². The van der Waals surface area contributed by atoms with E-state index in [0.717, 1.165) is 17.8 Å². The van der Waals surface area contributed by atoms with Crippen LogP contribution in [0.1, 0.15) is 24.3 Å². The molecule has 1 aromatic carbocycles. The van der Waals surface area contributed by atoms with Crippen molar-refractivity contribution in [2.24, 2.45) is 11.8 Å². The maximum atomic E-state index is 3.50. The van der Waals surface area contributed by atoms with E-state index in [1.807, 2.05) is 0 Å². The number of benzene rings is 1. The second kappa shape index (κ2) is 3.91. The van der Waals surface area contributed by atoms with Crippen LogP contribution in [0.25, 0.3) is 0 Å². The van der Waals surface area contributed by atoms with Crippen molar-refractivity contribution in [3.05, 3.63) is 34.3 Å². The first-order valence-electron chi connectivity index (χ1n) is 5.79. The van der Waals surface area contributed by atoms with Gasteiger partial charge in [0, 0.05) is 4.47 Å². The van der Waals surface area contributed by atoms with Gasteiger partial charge in [-0.1, -0.05) is 28.1 Å². The summed E-state index contributed by atoms with van der Waals surface area (Å²) in [5, 5.41) is 3.50. The lowest BCUT2D eigenvalue weighted by atomic mass is 9.96. The lowest BCUT2D eigenvalue weighted by Crippen LogP contribution is -2.11. The summed E-state index contributed by atoms with van der Waals surface area (Å²) in [7, 11) is 0. The average molecular weight is 266 g/mol. The van der Waals surface area contributed by atoms with E-state index in [1.165, 1.54) is 36.0 Å². The third-order valence-corrected chi connectivity index (χ3v) is 4.52. The van der Waals surface area contributed by atoms with Gasteiger partial charge in [0.05, 0.1) is 0 Å². The topological polar surface area (TPSA) is 12.0 Å². The van der Waals surface area contributed by atoms with Crippen molar-refractivity contribution in [1.29, 1.82) is 0 Å². The fraction of sp³-hybridized carbons (Fsp3) is 0.538. The van der Waals surface area contributed by atoms with E-state index in [1.54, 1.807) is 0 Å². The smallest absolute Gasteiger partial charge is 0.0175 e. The van der Waals surface area contributed by atoms with Gasteiger partial charge >= 0.3 is 0 Å². The molecular formula is C13H16BrN. The highest BCUT2D eigenvalue weighted by atomic mass is 79.9. The molecule has 3 rings (SSSR count). The lowest BCUT2D eigenvalue weighted by molar-refractivity contribution is 0.494. The van der Waals surface area contributed by atoms with Gasteiger partial charge in [-0.15, -0.1) is 0 Å². The van der Waals surface area contributed by atoms with Crippen molar-refractivity contribution in [3.63, 3.8) is 0 Å². The highest BCUT2D eigenvalue weighted by Crippen LogP contribution is 2.43. The van der Waals surface area contributed by atoms with Crippen LogP contribution in [0.5, 0.6) is 0 Å². The minimum absolute atomic E-state index is 0.815. The molecule has 1 aromatic rings. The fourth-order valence-corrected chi connectivity index (χ4v) is 3.44. The van der Waals surface area contributed by atoms with Crippen LogP contribution in [0.2, 0.25) is 0 Å². The van der Waals surface area contributed by atoms with Crippen molar-refractivity contribution < 1.29 is 0 Å². The van der Waals surface area contributed by atoms with Gasteiger partial charge in [0.15, 0.2) is 0 Å². The van der Waals surface area contributed by atoms with E-state index in [0.29, 0.717) is 0 Å². The summed E-state index contributed by atoms with van der Waals surface area (Å²) >= 11 is 3.49. The van der Waals surface area contributed by atoms with Crippen LogP contribution in [0, 0.1) is 11.8 Å². The van der Waals surface area contributed by atoms with Crippen LogP contribution in [0.3, 0.4) is 0 Å². The first kappa shape index (κ1) is 9.86. The fourth-order valence-electron chi connectivity index (χ4n) is 3.17. The summed E-state index contributed by atoms with van der Waals surface area (Å²) in [6.07, 6.45) is 2.78. The summed E-state index contributed by atoms with van der Waals surface area (Å²) < 4.78 is 1.19. The van der Waals surface area contributed by atoms with Gasteiger partial charge in [0.1, 0.15) is 0 Å². The Morgan fingerprint density at radius 3 is 2.20 bits per heavy atom. The van der Waals surface area contributed by atoms with Gasteiger partial charge in [-0.25, -0.2) is 0 Å². The van der Waals surface area contributed by atoms with Crippen LogP contribution in [0.4, 0.5) is 0 Å². The monoisotopic (exact) mass is 265 g/mol. The standard InChI is InChI=1S/C13H16BrN/c14-13-3-1-9(2-4-13)10-5-11-7-15-8-12(11)6-10/h1-4,10-12,15H,5-8H2. The Hall–Kier alpha value is -0.340. The maximum absolute atomic E-state index is 3.50. The molecule has 0 radical (unpaired) electrons. The average Bonchev–Trinajstić information content (AvgIpc) is 2.78. The highest BCUT2D eigenvalue weighted by molar-refractivity contribution is 9.10. The first-order valence-corrected chi connectivity index (χ1v) is 6.58. The zero-order valence-electron chi connectivity index (χ0n) is 8.75. The van der Waals surface area contributed by atoms with Crippen molar-refractivity contribution in [2.75, 3.05) is 13.1 Å². The number of hydrogen-bond acceptors (Lipinski definition) is 1. The molecule has 1 saturated carbocycles. The molecular weight excluding hydrogens is 250 g/mol. The van der Waals surface area contributed by atoms with Crippen LogP contribution < -0.4 is 5.32 Å². The first-order chi connectivity index (χ1) is 7.33. The second-order valence-electron chi connectivity index (χ2n) is 4.90. The summed E-state index contributed by atoms with van der Waals surface area (Å²) in [4.78, 5) is 0. The molecule has 0 aromatic heterocycles. The predicted molar refractivity (Wildman–Crippen MR) is 66.0 cm³/mol. The molecule has 0 amide bonds. The Kier molecular flexibility index (Phi) is 2.57. The SMILES string of the molecule is Brc1ccc(C2CC3CNCC3C2)cc1. The molecule has 2 fully saturated rings. The number of halogens is 1. The number of hydrogen-bond donors (Lipinski definition) is 1. The van der Waals surface area contributed by atoms with E-state index in [4.69, 9.17) is 0 Å². The van der Waals surface area contributed by atoms with Crippen molar-refractivity contribution in [2.45, 2.75) is 18.8 Å². The number of fused-ring (bicyclic) bond motifs is 1. The molecule has 1 heterocycles. The molecule has 1 aliphatic heterocycles. The van der Waals surface area contributed by atoms with Crippen molar-refractivity contribution in [1.82, 2.24) is 5.32 Å². The van der Waals surface area contributed by atoms with Gasteiger partial charge < -0.3 is 5.32 Å².